The number of aromatic nitrogens is 1. The second kappa shape index (κ2) is 8.70. The third-order valence-corrected chi connectivity index (χ3v) is 5.57. The number of benzene rings is 1. The van der Waals surface area contributed by atoms with Crippen molar-refractivity contribution in [1.82, 2.24) is 4.98 Å². The number of hydrogen-bond donors (Lipinski definition) is 3. The van der Waals surface area contributed by atoms with Crippen molar-refractivity contribution in [3.8, 4) is 22.6 Å². The molecule has 0 unspecified atom stereocenters. The minimum atomic E-state index is -0.937. The lowest BCUT2D eigenvalue weighted by Gasteiger charge is -2.34. The van der Waals surface area contributed by atoms with Gasteiger partial charge in [-0.15, -0.1) is 0 Å². The Morgan fingerprint density at radius 1 is 1.31 bits per heavy atom. The van der Waals surface area contributed by atoms with E-state index in [1.807, 2.05) is 26.0 Å². The number of ether oxygens (including phenoxy) is 1. The third-order valence-electron chi connectivity index (χ3n) is 5.57. The Kier molecular flexibility index (Phi) is 6.28. The number of H-pyrrole nitrogens is 1. The molecule has 29 heavy (non-hydrogen) atoms. The molecular formula is C24H29NO4. The van der Waals surface area contributed by atoms with Gasteiger partial charge >= 0.3 is 0 Å². The molecule has 0 aliphatic carbocycles. The van der Waals surface area contributed by atoms with Gasteiger partial charge in [0.25, 0.3) is 5.56 Å². The number of rotatable bonds is 5. The molecule has 0 saturated heterocycles. The van der Waals surface area contributed by atoms with Crippen molar-refractivity contribution >= 4 is 0 Å². The summed E-state index contributed by atoms with van der Waals surface area (Å²) in [5, 5.41) is 20.4. The summed E-state index contributed by atoms with van der Waals surface area (Å²) in [6.07, 6.45) is 7.53. The molecule has 4 atom stereocenters. The Bertz CT molecular complexity index is 971. The van der Waals surface area contributed by atoms with Crippen molar-refractivity contribution in [2.75, 3.05) is 0 Å². The molecule has 154 valence electrons. The van der Waals surface area contributed by atoms with E-state index in [1.165, 1.54) is 0 Å². The number of aromatic amines is 1. The molecule has 2 heterocycles. The molecule has 1 aliphatic heterocycles. The Morgan fingerprint density at radius 2 is 2.00 bits per heavy atom. The maximum Gasteiger partial charge on any atom is 0.257 e. The predicted octanol–water partition coefficient (Wildman–Crippen LogP) is 4.73. The highest BCUT2D eigenvalue weighted by molar-refractivity contribution is 5.72. The highest BCUT2D eigenvalue weighted by atomic mass is 16.5. The summed E-state index contributed by atoms with van der Waals surface area (Å²) >= 11 is 0. The number of aromatic hydroxyl groups is 1. The van der Waals surface area contributed by atoms with Gasteiger partial charge in [0, 0.05) is 17.7 Å². The van der Waals surface area contributed by atoms with Crippen LogP contribution in [0, 0.1) is 11.8 Å². The summed E-state index contributed by atoms with van der Waals surface area (Å²) in [6, 6.07) is 6.66. The fourth-order valence-electron chi connectivity index (χ4n) is 3.55. The molecule has 0 bridgehead atoms. The Labute approximate surface area is 171 Å². The molecule has 3 N–H and O–H groups in total. The van der Waals surface area contributed by atoms with Crippen LogP contribution in [0.1, 0.15) is 45.8 Å². The number of pyridine rings is 1. The van der Waals surface area contributed by atoms with Crippen molar-refractivity contribution in [1.29, 1.82) is 0 Å². The van der Waals surface area contributed by atoms with E-state index < -0.39 is 6.10 Å². The molecule has 3 rings (SSSR count). The van der Waals surface area contributed by atoms with Crippen molar-refractivity contribution in [2.45, 2.75) is 46.3 Å². The average Bonchev–Trinajstić information content (AvgIpc) is 2.70. The lowest BCUT2D eigenvalue weighted by Crippen LogP contribution is -2.37. The molecule has 0 amide bonds. The van der Waals surface area contributed by atoms with Gasteiger partial charge in [-0.2, -0.15) is 0 Å². The number of phenols is 1. The van der Waals surface area contributed by atoms with Crippen LogP contribution < -0.4 is 10.3 Å². The monoisotopic (exact) mass is 395 g/mol. The Balaban J connectivity index is 2.00. The first-order valence-electron chi connectivity index (χ1n) is 10.1. The van der Waals surface area contributed by atoms with Gasteiger partial charge in [-0.3, -0.25) is 4.79 Å². The predicted molar refractivity (Wildman–Crippen MR) is 115 cm³/mol. The second-order valence-electron chi connectivity index (χ2n) is 7.86. The zero-order valence-electron chi connectivity index (χ0n) is 17.3. The lowest BCUT2D eigenvalue weighted by molar-refractivity contribution is 0.0288. The van der Waals surface area contributed by atoms with Gasteiger partial charge in [0.05, 0.1) is 11.7 Å². The van der Waals surface area contributed by atoms with Gasteiger partial charge in [0.15, 0.2) is 0 Å². The topological polar surface area (TPSA) is 82.5 Å². The van der Waals surface area contributed by atoms with Crippen LogP contribution in [-0.2, 0) is 0 Å². The Morgan fingerprint density at radius 3 is 2.66 bits per heavy atom. The lowest BCUT2D eigenvalue weighted by atomic mass is 9.87. The van der Waals surface area contributed by atoms with E-state index in [0.717, 1.165) is 17.6 Å². The van der Waals surface area contributed by atoms with Gasteiger partial charge in [-0.05, 0) is 36.6 Å². The summed E-state index contributed by atoms with van der Waals surface area (Å²) in [5.41, 5.74) is 2.50. The SMILES string of the molecule is CC[C@H](C)/C=C(C)/C=C/[C@H]1Oc2c(-c3ccc(O)cc3)c[nH]c(=O)c2[C@@H](O)[C@@H]1C. The van der Waals surface area contributed by atoms with Gasteiger partial charge < -0.3 is 19.9 Å². The van der Waals surface area contributed by atoms with Crippen LogP contribution >= 0.6 is 0 Å². The van der Waals surface area contributed by atoms with Crippen LogP contribution in [0.25, 0.3) is 11.1 Å². The molecule has 0 radical (unpaired) electrons. The van der Waals surface area contributed by atoms with E-state index in [4.69, 9.17) is 4.74 Å². The normalized spacial score (nSPS) is 22.9. The number of hydrogen-bond acceptors (Lipinski definition) is 4. The smallest absolute Gasteiger partial charge is 0.257 e. The summed E-state index contributed by atoms with van der Waals surface area (Å²) in [5.74, 6) is 0.774. The summed E-state index contributed by atoms with van der Waals surface area (Å²) in [4.78, 5) is 15.1. The van der Waals surface area contributed by atoms with Crippen molar-refractivity contribution in [3.05, 3.63) is 70.2 Å². The molecule has 0 fully saturated rings. The van der Waals surface area contributed by atoms with Crippen LogP contribution in [0.15, 0.2) is 59.1 Å². The Hall–Kier alpha value is -2.79. The van der Waals surface area contributed by atoms with E-state index >= 15 is 0 Å². The largest absolute Gasteiger partial charge is 0.508 e. The fraction of sp³-hybridized carbons (Fsp3) is 0.375. The summed E-state index contributed by atoms with van der Waals surface area (Å²) in [7, 11) is 0. The number of nitrogens with one attached hydrogen (secondary N) is 1. The number of aliphatic hydroxyl groups excluding tert-OH is 1. The number of phenolic OH excluding ortho intramolecular Hbond substituents is 1. The third kappa shape index (κ3) is 4.46. The fourth-order valence-corrected chi connectivity index (χ4v) is 3.55. The number of allylic oxidation sites excluding steroid dienone is 3. The minimum Gasteiger partial charge on any atom is -0.508 e. The van der Waals surface area contributed by atoms with Gasteiger partial charge in [0.2, 0.25) is 0 Å². The molecule has 1 aromatic heterocycles. The molecule has 0 saturated carbocycles. The number of aliphatic hydroxyl groups is 1. The van der Waals surface area contributed by atoms with Crippen LogP contribution in [0.3, 0.4) is 0 Å². The quantitative estimate of drug-likeness (QED) is 0.640. The zero-order chi connectivity index (χ0) is 21.1. The van der Waals surface area contributed by atoms with E-state index in [9.17, 15) is 15.0 Å². The minimum absolute atomic E-state index is 0.158. The van der Waals surface area contributed by atoms with Crippen LogP contribution in [-0.4, -0.2) is 21.3 Å². The second-order valence-corrected chi connectivity index (χ2v) is 7.86. The first kappa shape index (κ1) is 20.9. The van der Waals surface area contributed by atoms with Gasteiger partial charge in [-0.25, -0.2) is 0 Å². The van der Waals surface area contributed by atoms with Crippen LogP contribution in [0.5, 0.6) is 11.5 Å². The van der Waals surface area contributed by atoms with E-state index in [-0.39, 0.29) is 28.9 Å². The summed E-state index contributed by atoms with van der Waals surface area (Å²) < 4.78 is 6.24. The molecule has 0 spiro atoms. The molecule has 1 aromatic carbocycles. The molecule has 2 aromatic rings. The highest BCUT2D eigenvalue weighted by Gasteiger charge is 2.36. The first-order valence-corrected chi connectivity index (χ1v) is 10.1. The van der Waals surface area contributed by atoms with Crippen LogP contribution in [0.4, 0.5) is 0 Å². The van der Waals surface area contributed by atoms with E-state index in [2.05, 4.69) is 24.9 Å². The highest BCUT2D eigenvalue weighted by Crippen LogP contribution is 2.42. The standard InChI is InChI=1S/C24H29NO4/c1-5-14(2)12-15(3)6-11-20-16(4)22(27)21-23(29-20)19(13-25-24(21)28)17-7-9-18(26)10-8-17/h6-14,16,20,22,26-27H,5H2,1-4H3,(H,25,28)/b11-6+,15-12+/t14-,16+,20+,22-/m0/s1. The molecule has 5 heteroatoms. The van der Waals surface area contributed by atoms with Crippen molar-refractivity contribution in [3.63, 3.8) is 0 Å². The summed E-state index contributed by atoms with van der Waals surface area (Å²) in [6.45, 7) is 8.25. The van der Waals surface area contributed by atoms with Crippen molar-refractivity contribution < 1.29 is 14.9 Å². The van der Waals surface area contributed by atoms with E-state index in [1.54, 1.807) is 30.5 Å². The number of fused-ring (bicyclic) bond motifs is 1. The molecule has 1 aliphatic rings. The molecule has 5 nitrogen and oxygen atoms in total. The average molecular weight is 395 g/mol. The first-order chi connectivity index (χ1) is 13.8. The zero-order valence-corrected chi connectivity index (χ0v) is 17.3. The van der Waals surface area contributed by atoms with Gasteiger partial charge in [0.1, 0.15) is 17.6 Å². The van der Waals surface area contributed by atoms with E-state index in [0.29, 0.717) is 17.2 Å². The van der Waals surface area contributed by atoms with Gasteiger partial charge in [-0.1, -0.05) is 57.0 Å². The van der Waals surface area contributed by atoms with Crippen molar-refractivity contribution in [2.24, 2.45) is 11.8 Å². The maximum atomic E-state index is 12.4. The molecular weight excluding hydrogens is 366 g/mol. The van der Waals surface area contributed by atoms with Crippen LogP contribution in [0.2, 0.25) is 0 Å². The maximum absolute atomic E-state index is 12.4.